The Hall–Kier alpha value is -0.0800. The van der Waals surface area contributed by atoms with Gasteiger partial charge in [-0.2, -0.15) is 0 Å². The molecule has 2 heteroatoms. The van der Waals surface area contributed by atoms with Crippen LogP contribution in [0.2, 0.25) is 0 Å². The molecule has 0 rings (SSSR count). The lowest BCUT2D eigenvalue weighted by Crippen LogP contribution is -2.25. The standard InChI is InChI=1S/C8H19NO/c1-4-10-8(6-9)5-7(2)3/h7-8H,4-6,9H2,1-3H3. The van der Waals surface area contributed by atoms with Crippen molar-refractivity contribution < 1.29 is 4.74 Å². The summed E-state index contributed by atoms with van der Waals surface area (Å²) in [6.07, 6.45) is 1.34. The molecule has 0 aliphatic carbocycles. The second-order valence-electron chi connectivity index (χ2n) is 2.94. The highest BCUT2D eigenvalue weighted by Crippen LogP contribution is 2.06. The first-order chi connectivity index (χ1) is 4.70. The Bertz CT molecular complexity index is 73.7. The number of hydrogen-bond donors (Lipinski definition) is 1. The van der Waals surface area contributed by atoms with E-state index < -0.39 is 0 Å². The second-order valence-corrected chi connectivity index (χ2v) is 2.94. The van der Waals surface area contributed by atoms with Crippen LogP contribution >= 0.6 is 0 Å². The maximum absolute atomic E-state index is 5.48. The SMILES string of the molecule is CCOC(CN)CC(C)C. The van der Waals surface area contributed by atoms with E-state index in [1.807, 2.05) is 6.92 Å². The molecule has 62 valence electrons. The van der Waals surface area contributed by atoms with Crippen molar-refractivity contribution in [2.24, 2.45) is 11.7 Å². The van der Waals surface area contributed by atoms with E-state index >= 15 is 0 Å². The Labute approximate surface area is 63.7 Å². The summed E-state index contributed by atoms with van der Waals surface area (Å²) < 4.78 is 5.38. The molecule has 0 spiro atoms. The zero-order chi connectivity index (χ0) is 7.98. The third kappa shape index (κ3) is 4.77. The van der Waals surface area contributed by atoms with Gasteiger partial charge in [0.25, 0.3) is 0 Å². The van der Waals surface area contributed by atoms with Crippen LogP contribution in [0.1, 0.15) is 27.2 Å². The lowest BCUT2D eigenvalue weighted by atomic mass is 10.1. The summed E-state index contributed by atoms with van der Waals surface area (Å²) in [6, 6.07) is 0. The van der Waals surface area contributed by atoms with Crippen molar-refractivity contribution >= 4 is 0 Å². The summed E-state index contributed by atoms with van der Waals surface area (Å²) in [7, 11) is 0. The number of rotatable bonds is 5. The van der Waals surface area contributed by atoms with Crippen LogP contribution in [-0.4, -0.2) is 19.3 Å². The van der Waals surface area contributed by atoms with Gasteiger partial charge in [0.15, 0.2) is 0 Å². The molecule has 10 heavy (non-hydrogen) atoms. The molecule has 2 N–H and O–H groups in total. The molecular weight excluding hydrogens is 126 g/mol. The lowest BCUT2D eigenvalue weighted by molar-refractivity contribution is 0.0543. The highest BCUT2D eigenvalue weighted by atomic mass is 16.5. The maximum atomic E-state index is 5.48. The van der Waals surface area contributed by atoms with Gasteiger partial charge in [-0.1, -0.05) is 13.8 Å². The van der Waals surface area contributed by atoms with Crippen LogP contribution in [0.4, 0.5) is 0 Å². The first-order valence-electron chi connectivity index (χ1n) is 4.02. The van der Waals surface area contributed by atoms with Crippen LogP contribution in [0.5, 0.6) is 0 Å². The zero-order valence-corrected chi connectivity index (χ0v) is 7.26. The molecule has 0 fully saturated rings. The Balaban J connectivity index is 3.39. The van der Waals surface area contributed by atoms with E-state index in [4.69, 9.17) is 10.5 Å². The van der Waals surface area contributed by atoms with Crippen molar-refractivity contribution in [3.05, 3.63) is 0 Å². The summed E-state index contributed by atoms with van der Waals surface area (Å²) in [6.45, 7) is 7.78. The molecule has 1 atom stereocenters. The van der Waals surface area contributed by atoms with Crippen molar-refractivity contribution in [3.8, 4) is 0 Å². The van der Waals surface area contributed by atoms with Crippen molar-refractivity contribution in [1.82, 2.24) is 0 Å². The first kappa shape index (κ1) is 9.92. The molecule has 0 aromatic rings. The predicted octanol–water partition coefficient (Wildman–Crippen LogP) is 1.40. The van der Waals surface area contributed by atoms with E-state index in [1.165, 1.54) is 0 Å². The summed E-state index contributed by atoms with van der Waals surface area (Å²) in [5.74, 6) is 0.681. The molecule has 0 saturated heterocycles. The van der Waals surface area contributed by atoms with Gasteiger partial charge in [0.2, 0.25) is 0 Å². The van der Waals surface area contributed by atoms with Crippen LogP contribution in [0, 0.1) is 5.92 Å². The molecule has 0 bridgehead atoms. The van der Waals surface area contributed by atoms with Crippen molar-refractivity contribution in [2.45, 2.75) is 33.3 Å². The minimum atomic E-state index is 0.269. The highest BCUT2D eigenvalue weighted by Gasteiger charge is 2.07. The molecule has 0 amide bonds. The summed E-state index contributed by atoms with van der Waals surface area (Å²) in [4.78, 5) is 0. The summed E-state index contributed by atoms with van der Waals surface area (Å²) >= 11 is 0. The van der Waals surface area contributed by atoms with Gasteiger partial charge in [-0.3, -0.25) is 0 Å². The molecular formula is C8H19NO. The zero-order valence-electron chi connectivity index (χ0n) is 7.26. The van der Waals surface area contributed by atoms with Crippen LogP contribution < -0.4 is 5.73 Å². The second kappa shape index (κ2) is 5.69. The lowest BCUT2D eigenvalue weighted by Gasteiger charge is -2.16. The predicted molar refractivity (Wildman–Crippen MR) is 43.9 cm³/mol. The van der Waals surface area contributed by atoms with Crippen molar-refractivity contribution in [2.75, 3.05) is 13.2 Å². The number of hydrogen-bond acceptors (Lipinski definition) is 2. The average Bonchev–Trinajstić information content (AvgIpc) is 1.86. The third-order valence-electron chi connectivity index (χ3n) is 1.40. The van der Waals surface area contributed by atoms with Crippen molar-refractivity contribution in [1.29, 1.82) is 0 Å². The van der Waals surface area contributed by atoms with E-state index in [1.54, 1.807) is 0 Å². The minimum absolute atomic E-state index is 0.269. The third-order valence-corrected chi connectivity index (χ3v) is 1.40. The van der Waals surface area contributed by atoms with Gasteiger partial charge in [0.05, 0.1) is 6.10 Å². The molecule has 1 unspecified atom stereocenters. The minimum Gasteiger partial charge on any atom is -0.377 e. The Morgan fingerprint density at radius 3 is 2.30 bits per heavy atom. The van der Waals surface area contributed by atoms with E-state index in [-0.39, 0.29) is 6.10 Å². The van der Waals surface area contributed by atoms with Gasteiger partial charge in [-0.25, -0.2) is 0 Å². The molecule has 0 aliphatic rings. The fourth-order valence-corrected chi connectivity index (χ4v) is 0.994. The fourth-order valence-electron chi connectivity index (χ4n) is 0.994. The Morgan fingerprint density at radius 1 is 1.40 bits per heavy atom. The van der Waals surface area contributed by atoms with Gasteiger partial charge in [0, 0.05) is 13.2 Å². The fraction of sp³-hybridized carbons (Fsp3) is 1.00. The molecule has 0 radical (unpaired) electrons. The maximum Gasteiger partial charge on any atom is 0.0699 e. The van der Waals surface area contributed by atoms with E-state index in [0.29, 0.717) is 12.5 Å². The normalized spacial score (nSPS) is 14.1. The molecule has 2 nitrogen and oxygen atoms in total. The topological polar surface area (TPSA) is 35.2 Å². The van der Waals surface area contributed by atoms with Crippen LogP contribution in [0.3, 0.4) is 0 Å². The summed E-state index contributed by atoms with van der Waals surface area (Å²) in [5.41, 5.74) is 5.48. The Morgan fingerprint density at radius 2 is 2.00 bits per heavy atom. The van der Waals surface area contributed by atoms with Gasteiger partial charge in [-0.05, 0) is 19.3 Å². The van der Waals surface area contributed by atoms with Gasteiger partial charge < -0.3 is 10.5 Å². The van der Waals surface area contributed by atoms with Crippen LogP contribution in [-0.2, 0) is 4.74 Å². The molecule has 0 saturated carbocycles. The van der Waals surface area contributed by atoms with Gasteiger partial charge >= 0.3 is 0 Å². The van der Waals surface area contributed by atoms with Crippen molar-refractivity contribution in [3.63, 3.8) is 0 Å². The van der Waals surface area contributed by atoms with Gasteiger partial charge in [-0.15, -0.1) is 0 Å². The van der Waals surface area contributed by atoms with E-state index in [9.17, 15) is 0 Å². The number of nitrogens with two attached hydrogens (primary N) is 1. The molecule has 0 aromatic heterocycles. The van der Waals surface area contributed by atoms with Crippen LogP contribution in [0.15, 0.2) is 0 Å². The monoisotopic (exact) mass is 145 g/mol. The first-order valence-corrected chi connectivity index (χ1v) is 4.02. The highest BCUT2D eigenvalue weighted by molar-refractivity contribution is 4.60. The molecule has 0 heterocycles. The molecule has 0 aromatic carbocycles. The van der Waals surface area contributed by atoms with E-state index in [2.05, 4.69) is 13.8 Å². The van der Waals surface area contributed by atoms with Gasteiger partial charge in [0.1, 0.15) is 0 Å². The summed E-state index contributed by atoms with van der Waals surface area (Å²) in [5, 5.41) is 0. The quantitative estimate of drug-likeness (QED) is 0.634. The average molecular weight is 145 g/mol. The van der Waals surface area contributed by atoms with Crippen LogP contribution in [0.25, 0.3) is 0 Å². The van der Waals surface area contributed by atoms with E-state index in [0.717, 1.165) is 13.0 Å². The largest absolute Gasteiger partial charge is 0.377 e. The molecule has 0 aliphatic heterocycles. The Kier molecular flexibility index (Phi) is 5.64. The number of ether oxygens (including phenoxy) is 1. The smallest absolute Gasteiger partial charge is 0.0699 e.